The number of ether oxygens (including phenoxy) is 1. The number of benzene rings is 1. The van der Waals surface area contributed by atoms with Crippen LogP contribution in [0, 0.1) is 11.3 Å². The Labute approximate surface area is 170 Å². The van der Waals surface area contributed by atoms with Gasteiger partial charge in [0.25, 0.3) is 5.91 Å². The summed E-state index contributed by atoms with van der Waals surface area (Å²) in [5, 5.41) is 7.45. The number of amides is 2. The zero-order chi connectivity index (χ0) is 19.8. The summed E-state index contributed by atoms with van der Waals surface area (Å²) < 4.78 is 7.44. The number of hydrogen-bond acceptors (Lipinski definition) is 4. The molecule has 2 aromatic rings. The molecule has 2 saturated heterocycles. The average molecular weight is 394 g/mol. The molecule has 0 spiro atoms. The van der Waals surface area contributed by atoms with Crippen LogP contribution in [0.1, 0.15) is 36.0 Å². The van der Waals surface area contributed by atoms with Gasteiger partial charge in [0.15, 0.2) is 0 Å². The van der Waals surface area contributed by atoms with Crippen LogP contribution in [0.15, 0.2) is 42.7 Å². The van der Waals surface area contributed by atoms with E-state index in [2.05, 4.69) is 10.4 Å². The van der Waals surface area contributed by atoms with Crippen LogP contribution in [0.5, 0.6) is 0 Å². The Hall–Kier alpha value is -2.67. The second-order valence-corrected chi connectivity index (χ2v) is 8.51. The largest absolute Gasteiger partial charge is 0.380 e. The first-order valence-electron chi connectivity index (χ1n) is 10.4. The first-order chi connectivity index (χ1) is 14.2. The van der Waals surface area contributed by atoms with Crippen LogP contribution in [-0.2, 0) is 9.53 Å². The van der Waals surface area contributed by atoms with Gasteiger partial charge in [-0.2, -0.15) is 5.10 Å². The summed E-state index contributed by atoms with van der Waals surface area (Å²) in [6, 6.07) is 9.58. The predicted molar refractivity (Wildman–Crippen MR) is 107 cm³/mol. The van der Waals surface area contributed by atoms with Crippen LogP contribution in [0.4, 0.5) is 0 Å². The van der Waals surface area contributed by atoms with Gasteiger partial charge in [-0.05, 0) is 43.2 Å². The molecule has 1 aliphatic carbocycles. The average Bonchev–Trinajstić information content (AvgIpc) is 3.51. The van der Waals surface area contributed by atoms with E-state index in [1.807, 2.05) is 41.4 Å². The maximum absolute atomic E-state index is 13.1. The van der Waals surface area contributed by atoms with Gasteiger partial charge in [-0.1, -0.05) is 12.8 Å². The van der Waals surface area contributed by atoms with Crippen LogP contribution >= 0.6 is 0 Å². The lowest BCUT2D eigenvalue weighted by atomic mass is 9.80. The lowest BCUT2D eigenvalue weighted by Gasteiger charge is -2.27. The molecule has 2 atom stereocenters. The van der Waals surface area contributed by atoms with Crippen LogP contribution in [-0.4, -0.2) is 58.8 Å². The van der Waals surface area contributed by atoms with Crippen molar-refractivity contribution in [2.45, 2.75) is 31.7 Å². The highest BCUT2D eigenvalue weighted by Crippen LogP contribution is 2.42. The second-order valence-electron chi connectivity index (χ2n) is 8.51. The maximum atomic E-state index is 13.1. The second kappa shape index (κ2) is 7.30. The molecular formula is C22H26N4O3. The first-order valence-corrected chi connectivity index (χ1v) is 10.4. The Morgan fingerprint density at radius 3 is 2.69 bits per heavy atom. The Morgan fingerprint density at radius 2 is 1.97 bits per heavy atom. The number of carbonyl (C=O) groups excluding carboxylic acids is 2. The predicted octanol–water partition coefficient (Wildman–Crippen LogP) is 2.02. The van der Waals surface area contributed by atoms with Crippen molar-refractivity contribution in [2.75, 3.05) is 26.3 Å². The number of nitrogens with one attached hydrogen (secondary N) is 1. The lowest BCUT2D eigenvalue weighted by molar-refractivity contribution is -0.132. The van der Waals surface area contributed by atoms with Crippen molar-refractivity contribution < 1.29 is 14.3 Å². The smallest absolute Gasteiger partial charge is 0.253 e. The van der Waals surface area contributed by atoms with E-state index in [-0.39, 0.29) is 23.8 Å². The van der Waals surface area contributed by atoms with Crippen molar-refractivity contribution >= 4 is 11.8 Å². The summed E-state index contributed by atoms with van der Waals surface area (Å²) in [5.41, 5.74) is 0.937. The Bertz CT molecular complexity index is 889. The molecular weight excluding hydrogens is 368 g/mol. The van der Waals surface area contributed by atoms with Crippen molar-refractivity contribution in [1.29, 1.82) is 0 Å². The van der Waals surface area contributed by atoms with Gasteiger partial charge in [0.05, 0.1) is 24.3 Å². The molecule has 3 aliphatic rings. The van der Waals surface area contributed by atoms with Gasteiger partial charge in [0.1, 0.15) is 0 Å². The Morgan fingerprint density at radius 1 is 1.17 bits per heavy atom. The van der Waals surface area contributed by atoms with E-state index >= 15 is 0 Å². The van der Waals surface area contributed by atoms with E-state index in [1.165, 1.54) is 12.8 Å². The number of nitrogens with zero attached hydrogens (tertiary/aromatic N) is 3. The summed E-state index contributed by atoms with van der Waals surface area (Å²) in [6.45, 7) is 1.94. The van der Waals surface area contributed by atoms with Gasteiger partial charge < -0.3 is 15.0 Å². The molecule has 3 fully saturated rings. The van der Waals surface area contributed by atoms with Crippen LogP contribution < -0.4 is 5.32 Å². The van der Waals surface area contributed by atoms with Crippen LogP contribution in [0.3, 0.4) is 0 Å². The van der Waals surface area contributed by atoms with Crippen molar-refractivity contribution in [2.24, 2.45) is 11.3 Å². The number of fused-ring (bicyclic) bond motifs is 1. The molecule has 3 heterocycles. The van der Waals surface area contributed by atoms with E-state index in [0.717, 1.165) is 18.5 Å². The first kappa shape index (κ1) is 18.4. The summed E-state index contributed by atoms with van der Waals surface area (Å²) in [4.78, 5) is 28.1. The van der Waals surface area contributed by atoms with Crippen molar-refractivity contribution in [3.05, 3.63) is 48.3 Å². The maximum Gasteiger partial charge on any atom is 0.253 e. The zero-order valence-corrected chi connectivity index (χ0v) is 16.4. The van der Waals surface area contributed by atoms with Crippen LogP contribution in [0.2, 0.25) is 0 Å². The minimum atomic E-state index is -0.604. The van der Waals surface area contributed by atoms with Crippen molar-refractivity contribution in [1.82, 2.24) is 20.0 Å². The number of aromatic nitrogens is 2. The van der Waals surface area contributed by atoms with Gasteiger partial charge in [0, 0.05) is 43.0 Å². The summed E-state index contributed by atoms with van der Waals surface area (Å²) >= 11 is 0. The molecule has 1 aromatic carbocycles. The Kier molecular flexibility index (Phi) is 4.62. The fraction of sp³-hybridized carbons (Fsp3) is 0.500. The van der Waals surface area contributed by atoms with E-state index < -0.39 is 5.41 Å². The van der Waals surface area contributed by atoms with Gasteiger partial charge in [-0.3, -0.25) is 9.59 Å². The number of rotatable bonds is 4. The third-order valence-electron chi connectivity index (χ3n) is 6.69. The number of carbonyl (C=O) groups is 2. The number of likely N-dealkylation sites (tertiary alicyclic amines) is 1. The van der Waals surface area contributed by atoms with Crippen molar-refractivity contribution in [3.63, 3.8) is 0 Å². The molecule has 152 valence electrons. The Balaban J connectivity index is 1.30. The third-order valence-corrected chi connectivity index (χ3v) is 6.69. The van der Waals surface area contributed by atoms with E-state index in [4.69, 9.17) is 4.74 Å². The molecule has 2 amide bonds. The molecule has 1 aromatic heterocycles. The molecule has 0 bridgehead atoms. The molecule has 5 rings (SSSR count). The normalized spacial score (nSPS) is 26.6. The highest BCUT2D eigenvalue weighted by atomic mass is 16.5. The SMILES string of the molecule is O=C(c1ccc(-n2cccn2)cc1)N1C[C@H]2COC[C@@]2(C(=O)NC2CCCC2)C1. The van der Waals surface area contributed by atoms with Gasteiger partial charge in [0.2, 0.25) is 5.91 Å². The fourth-order valence-corrected chi connectivity index (χ4v) is 4.97. The summed E-state index contributed by atoms with van der Waals surface area (Å²) in [7, 11) is 0. The minimum absolute atomic E-state index is 0.0283. The quantitative estimate of drug-likeness (QED) is 0.861. The monoisotopic (exact) mass is 394 g/mol. The molecule has 0 radical (unpaired) electrons. The highest BCUT2D eigenvalue weighted by molar-refractivity contribution is 5.96. The van der Waals surface area contributed by atoms with Gasteiger partial charge >= 0.3 is 0 Å². The van der Waals surface area contributed by atoms with E-state index in [9.17, 15) is 9.59 Å². The highest BCUT2D eigenvalue weighted by Gasteiger charge is 2.57. The number of hydrogen-bond donors (Lipinski definition) is 1. The third kappa shape index (κ3) is 3.23. The summed E-state index contributed by atoms with van der Waals surface area (Å²) in [5.74, 6) is 0.104. The molecule has 0 unspecified atom stereocenters. The van der Waals surface area contributed by atoms with Crippen molar-refractivity contribution in [3.8, 4) is 5.69 Å². The molecule has 2 aliphatic heterocycles. The standard InChI is InChI=1S/C22H26N4O3/c27-20(16-6-8-19(9-7-16)26-11-3-10-23-26)25-12-17-13-29-15-22(17,14-25)21(28)24-18-4-1-2-5-18/h3,6-11,17-18H,1-2,4-5,12-15H2,(H,24,28)/t17-,22-/m0/s1. The fourth-order valence-electron chi connectivity index (χ4n) is 4.97. The van der Waals surface area contributed by atoms with E-state index in [1.54, 1.807) is 10.9 Å². The molecule has 1 N–H and O–H groups in total. The van der Waals surface area contributed by atoms with Crippen LogP contribution in [0.25, 0.3) is 5.69 Å². The zero-order valence-electron chi connectivity index (χ0n) is 16.4. The molecule has 1 saturated carbocycles. The lowest BCUT2D eigenvalue weighted by Crippen LogP contribution is -2.49. The molecule has 7 heteroatoms. The minimum Gasteiger partial charge on any atom is -0.380 e. The topological polar surface area (TPSA) is 76.5 Å². The molecule has 29 heavy (non-hydrogen) atoms. The summed E-state index contributed by atoms with van der Waals surface area (Å²) in [6.07, 6.45) is 8.05. The van der Waals surface area contributed by atoms with Gasteiger partial charge in [-0.15, -0.1) is 0 Å². The van der Waals surface area contributed by atoms with E-state index in [0.29, 0.717) is 31.9 Å². The van der Waals surface area contributed by atoms with Gasteiger partial charge in [-0.25, -0.2) is 4.68 Å². The molecule has 7 nitrogen and oxygen atoms in total.